The first-order valence-corrected chi connectivity index (χ1v) is 7.97. The summed E-state index contributed by atoms with van der Waals surface area (Å²) in [5.41, 5.74) is 0.954. The highest BCUT2D eigenvalue weighted by Crippen LogP contribution is 2.20. The van der Waals surface area contributed by atoms with E-state index in [-0.39, 0.29) is 11.7 Å². The van der Waals surface area contributed by atoms with Gasteiger partial charge < -0.3 is 19.8 Å². The van der Waals surface area contributed by atoms with Crippen molar-refractivity contribution in [2.24, 2.45) is 0 Å². The predicted octanol–water partition coefficient (Wildman–Crippen LogP) is 2.49. The van der Waals surface area contributed by atoms with Crippen LogP contribution in [-0.4, -0.2) is 30.2 Å². The second kappa shape index (κ2) is 7.31. The van der Waals surface area contributed by atoms with Gasteiger partial charge in [0.2, 0.25) is 0 Å². The molecule has 1 saturated heterocycles. The van der Waals surface area contributed by atoms with Crippen molar-refractivity contribution in [3.63, 3.8) is 0 Å². The minimum atomic E-state index is -0.451. The third-order valence-corrected chi connectivity index (χ3v) is 3.85. The van der Waals surface area contributed by atoms with Gasteiger partial charge in [-0.05, 0) is 44.0 Å². The molecule has 0 aliphatic carbocycles. The van der Waals surface area contributed by atoms with Crippen LogP contribution in [0.4, 0.5) is 5.69 Å². The van der Waals surface area contributed by atoms with E-state index in [2.05, 4.69) is 10.3 Å². The maximum atomic E-state index is 12.2. The molecule has 1 aliphatic heterocycles. The fourth-order valence-corrected chi connectivity index (χ4v) is 2.58. The van der Waals surface area contributed by atoms with E-state index >= 15 is 0 Å². The first kappa shape index (κ1) is 16.3. The van der Waals surface area contributed by atoms with E-state index in [1.54, 1.807) is 31.2 Å². The highest BCUT2D eigenvalue weighted by molar-refractivity contribution is 6.04. The highest BCUT2D eigenvalue weighted by Gasteiger charge is 2.16. The number of H-pyrrole nitrogens is 1. The number of rotatable bonds is 5. The molecule has 3 rings (SSSR count). The van der Waals surface area contributed by atoms with Crippen molar-refractivity contribution < 1.29 is 14.3 Å². The maximum Gasteiger partial charge on any atom is 0.261 e. The highest BCUT2D eigenvalue weighted by atomic mass is 16.5. The topological polar surface area (TPSA) is 80.4 Å². The second-order valence-electron chi connectivity index (χ2n) is 5.81. The van der Waals surface area contributed by atoms with E-state index in [1.807, 2.05) is 6.07 Å². The lowest BCUT2D eigenvalue weighted by atomic mass is 10.2. The Labute approximate surface area is 139 Å². The van der Waals surface area contributed by atoms with Crippen molar-refractivity contribution in [1.29, 1.82) is 0 Å². The van der Waals surface area contributed by atoms with Gasteiger partial charge in [0.15, 0.2) is 0 Å². The Kier molecular flexibility index (Phi) is 4.96. The number of pyridine rings is 1. The molecular formula is C18H20N2O4. The summed E-state index contributed by atoms with van der Waals surface area (Å²) in [6.07, 6.45) is 2.20. The third kappa shape index (κ3) is 4.02. The summed E-state index contributed by atoms with van der Waals surface area (Å²) in [5, 5.41) is 2.72. The van der Waals surface area contributed by atoms with E-state index in [1.165, 1.54) is 6.07 Å². The van der Waals surface area contributed by atoms with Crippen LogP contribution < -0.4 is 15.6 Å². The normalized spacial score (nSPS) is 16.8. The first-order valence-electron chi connectivity index (χ1n) is 7.97. The van der Waals surface area contributed by atoms with Crippen LogP contribution in [0.15, 0.2) is 41.2 Å². The van der Waals surface area contributed by atoms with Crippen LogP contribution in [-0.2, 0) is 4.74 Å². The van der Waals surface area contributed by atoms with Crippen molar-refractivity contribution in [2.45, 2.75) is 25.9 Å². The summed E-state index contributed by atoms with van der Waals surface area (Å²) in [6.45, 7) is 3.04. The Morgan fingerprint density at radius 1 is 1.38 bits per heavy atom. The molecule has 0 bridgehead atoms. The van der Waals surface area contributed by atoms with Gasteiger partial charge in [0, 0.05) is 24.1 Å². The molecule has 126 valence electrons. The summed E-state index contributed by atoms with van der Waals surface area (Å²) < 4.78 is 11.2. The molecule has 1 aromatic carbocycles. The standard InChI is InChI=1S/C18H20N2O4/c1-12-7-8-16(17(21)19-12)18(22)20-13-4-2-5-14(10-13)24-11-15-6-3-9-23-15/h2,4-5,7-8,10,15H,3,6,9,11H2,1H3,(H,19,21)(H,20,22). The van der Waals surface area contributed by atoms with Crippen molar-refractivity contribution in [3.05, 3.63) is 58.0 Å². The number of carbonyl (C=O) groups is 1. The molecule has 6 nitrogen and oxygen atoms in total. The van der Waals surface area contributed by atoms with E-state index in [0.717, 1.165) is 19.4 Å². The minimum Gasteiger partial charge on any atom is -0.491 e. The number of benzene rings is 1. The average molecular weight is 328 g/mol. The van der Waals surface area contributed by atoms with Gasteiger partial charge in [-0.15, -0.1) is 0 Å². The average Bonchev–Trinajstić information content (AvgIpc) is 3.06. The van der Waals surface area contributed by atoms with Crippen LogP contribution in [0.1, 0.15) is 28.9 Å². The zero-order valence-corrected chi connectivity index (χ0v) is 13.5. The van der Waals surface area contributed by atoms with Crippen molar-refractivity contribution in [3.8, 4) is 5.75 Å². The summed E-state index contributed by atoms with van der Waals surface area (Å²) in [5.74, 6) is 0.202. The van der Waals surface area contributed by atoms with Gasteiger partial charge >= 0.3 is 0 Å². The van der Waals surface area contributed by atoms with Crippen molar-refractivity contribution >= 4 is 11.6 Å². The van der Waals surface area contributed by atoms with Gasteiger partial charge in [0.1, 0.15) is 17.9 Å². The van der Waals surface area contributed by atoms with Gasteiger partial charge in [-0.1, -0.05) is 6.07 Å². The quantitative estimate of drug-likeness (QED) is 0.884. The number of aromatic nitrogens is 1. The number of aryl methyl sites for hydroxylation is 1. The Bertz CT molecular complexity index is 779. The molecule has 2 aromatic rings. The van der Waals surface area contributed by atoms with Gasteiger partial charge in [-0.2, -0.15) is 0 Å². The molecule has 1 aromatic heterocycles. The lowest BCUT2D eigenvalue weighted by Gasteiger charge is -2.12. The van der Waals surface area contributed by atoms with E-state index < -0.39 is 11.5 Å². The number of hydrogen-bond donors (Lipinski definition) is 2. The summed E-state index contributed by atoms with van der Waals surface area (Å²) >= 11 is 0. The fourth-order valence-electron chi connectivity index (χ4n) is 2.58. The molecule has 0 saturated carbocycles. The van der Waals surface area contributed by atoms with Gasteiger partial charge in [-0.3, -0.25) is 9.59 Å². The SMILES string of the molecule is Cc1ccc(C(=O)Nc2cccc(OCC3CCCO3)c2)c(=O)[nH]1. The zero-order chi connectivity index (χ0) is 16.9. The van der Waals surface area contributed by atoms with Crippen LogP contribution in [0.3, 0.4) is 0 Å². The van der Waals surface area contributed by atoms with E-state index in [0.29, 0.717) is 23.7 Å². The summed E-state index contributed by atoms with van der Waals surface area (Å²) in [4.78, 5) is 26.7. The van der Waals surface area contributed by atoms with Gasteiger partial charge in [-0.25, -0.2) is 0 Å². The maximum absolute atomic E-state index is 12.2. The number of ether oxygens (including phenoxy) is 2. The fraction of sp³-hybridized carbons (Fsp3) is 0.333. The molecule has 1 amide bonds. The Hall–Kier alpha value is -2.60. The molecule has 2 N–H and O–H groups in total. The molecule has 1 aliphatic rings. The number of amides is 1. The molecule has 0 radical (unpaired) electrons. The number of anilines is 1. The van der Waals surface area contributed by atoms with Crippen LogP contribution in [0.2, 0.25) is 0 Å². The summed E-state index contributed by atoms with van der Waals surface area (Å²) in [7, 11) is 0. The molecule has 6 heteroatoms. The lowest BCUT2D eigenvalue weighted by molar-refractivity contribution is 0.0680. The smallest absolute Gasteiger partial charge is 0.261 e. The number of nitrogens with one attached hydrogen (secondary N) is 2. The largest absolute Gasteiger partial charge is 0.491 e. The van der Waals surface area contributed by atoms with E-state index in [9.17, 15) is 9.59 Å². The molecule has 2 heterocycles. The Morgan fingerprint density at radius 2 is 2.25 bits per heavy atom. The zero-order valence-electron chi connectivity index (χ0n) is 13.5. The van der Waals surface area contributed by atoms with Crippen LogP contribution in [0.5, 0.6) is 5.75 Å². The number of hydrogen-bond acceptors (Lipinski definition) is 4. The Morgan fingerprint density at radius 3 is 3.00 bits per heavy atom. The van der Waals surface area contributed by atoms with Crippen LogP contribution >= 0.6 is 0 Å². The second-order valence-corrected chi connectivity index (χ2v) is 5.81. The molecule has 1 unspecified atom stereocenters. The molecule has 1 atom stereocenters. The number of carbonyl (C=O) groups excluding carboxylic acids is 1. The minimum absolute atomic E-state index is 0.0753. The monoisotopic (exact) mass is 328 g/mol. The summed E-state index contributed by atoms with van der Waals surface area (Å²) in [6, 6.07) is 10.3. The predicted molar refractivity (Wildman–Crippen MR) is 90.7 cm³/mol. The molecular weight excluding hydrogens is 308 g/mol. The Balaban J connectivity index is 1.65. The van der Waals surface area contributed by atoms with Gasteiger partial charge in [0.25, 0.3) is 11.5 Å². The van der Waals surface area contributed by atoms with Gasteiger partial charge in [0.05, 0.1) is 6.10 Å². The first-order chi connectivity index (χ1) is 11.6. The van der Waals surface area contributed by atoms with Crippen molar-refractivity contribution in [2.75, 3.05) is 18.5 Å². The molecule has 24 heavy (non-hydrogen) atoms. The molecule has 0 spiro atoms. The lowest BCUT2D eigenvalue weighted by Crippen LogP contribution is -2.23. The molecule has 1 fully saturated rings. The number of aromatic amines is 1. The van der Waals surface area contributed by atoms with Crippen LogP contribution in [0.25, 0.3) is 0 Å². The van der Waals surface area contributed by atoms with Crippen molar-refractivity contribution in [1.82, 2.24) is 4.98 Å². The van der Waals surface area contributed by atoms with E-state index in [4.69, 9.17) is 9.47 Å². The third-order valence-electron chi connectivity index (χ3n) is 3.85. The van der Waals surface area contributed by atoms with Crippen LogP contribution in [0, 0.1) is 6.92 Å².